The summed E-state index contributed by atoms with van der Waals surface area (Å²) < 4.78 is 22.8. The molecule has 0 aliphatic heterocycles. The van der Waals surface area contributed by atoms with Crippen LogP contribution in [0.1, 0.15) is 17.2 Å². The lowest BCUT2D eigenvalue weighted by atomic mass is 10.0. The number of hydrogen-bond donors (Lipinski definition) is 1. The first-order valence-electron chi connectivity index (χ1n) is 5.72. The van der Waals surface area contributed by atoms with Crippen molar-refractivity contribution < 1.29 is 13.5 Å². The molecule has 2 aromatic carbocycles. The van der Waals surface area contributed by atoms with Gasteiger partial charge in [0.15, 0.2) is 9.84 Å². The van der Waals surface area contributed by atoms with E-state index in [9.17, 15) is 13.5 Å². The second-order valence-electron chi connectivity index (χ2n) is 4.41. The maximum atomic E-state index is 11.4. The summed E-state index contributed by atoms with van der Waals surface area (Å²) >= 11 is 11.8. The van der Waals surface area contributed by atoms with Crippen LogP contribution in [0, 0.1) is 0 Å². The quantitative estimate of drug-likeness (QED) is 0.937. The van der Waals surface area contributed by atoms with Crippen LogP contribution < -0.4 is 0 Å². The number of benzene rings is 2. The molecule has 1 N–H and O–H groups in total. The maximum absolute atomic E-state index is 11.4. The van der Waals surface area contributed by atoms with E-state index >= 15 is 0 Å². The molecule has 0 heterocycles. The molecule has 0 saturated heterocycles. The molecule has 106 valence electrons. The average molecular weight is 331 g/mol. The molecule has 20 heavy (non-hydrogen) atoms. The number of hydrogen-bond acceptors (Lipinski definition) is 3. The fourth-order valence-electron chi connectivity index (χ4n) is 1.80. The number of aliphatic hydroxyl groups is 1. The van der Waals surface area contributed by atoms with E-state index in [1.54, 1.807) is 30.3 Å². The normalized spacial score (nSPS) is 13.2. The lowest BCUT2D eigenvalue weighted by Crippen LogP contribution is -2.02. The monoisotopic (exact) mass is 330 g/mol. The van der Waals surface area contributed by atoms with Gasteiger partial charge < -0.3 is 5.11 Å². The molecule has 0 aliphatic carbocycles. The molecule has 1 atom stereocenters. The van der Waals surface area contributed by atoms with Crippen molar-refractivity contribution in [2.24, 2.45) is 0 Å². The van der Waals surface area contributed by atoms with Crippen LogP contribution in [-0.2, 0) is 9.84 Å². The molecule has 0 fully saturated rings. The summed E-state index contributed by atoms with van der Waals surface area (Å²) in [7, 11) is -3.25. The third-order valence-corrected chi connectivity index (χ3v) is 4.57. The van der Waals surface area contributed by atoms with Crippen molar-refractivity contribution >= 4 is 33.0 Å². The van der Waals surface area contributed by atoms with E-state index in [0.717, 1.165) is 6.26 Å². The second kappa shape index (κ2) is 5.74. The van der Waals surface area contributed by atoms with Crippen LogP contribution in [0.3, 0.4) is 0 Å². The zero-order valence-corrected chi connectivity index (χ0v) is 12.9. The summed E-state index contributed by atoms with van der Waals surface area (Å²) in [5, 5.41) is 11.1. The van der Waals surface area contributed by atoms with Gasteiger partial charge in [-0.05, 0) is 29.8 Å². The van der Waals surface area contributed by atoms with Gasteiger partial charge in [-0.25, -0.2) is 8.42 Å². The summed E-state index contributed by atoms with van der Waals surface area (Å²) in [6.07, 6.45) is 0.197. The lowest BCUT2D eigenvalue weighted by Gasteiger charge is -2.13. The van der Waals surface area contributed by atoms with Gasteiger partial charge >= 0.3 is 0 Å². The number of halogens is 2. The Morgan fingerprint density at radius 1 is 1.05 bits per heavy atom. The first kappa shape index (κ1) is 15.3. The van der Waals surface area contributed by atoms with Gasteiger partial charge in [0.2, 0.25) is 0 Å². The van der Waals surface area contributed by atoms with Crippen molar-refractivity contribution in [3.63, 3.8) is 0 Å². The second-order valence-corrected chi connectivity index (χ2v) is 7.27. The molecule has 0 spiro atoms. The zero-order chi connectivity index (χ0) is 14.9. The van der Waals surface area contributed by atoms with Crippen molar-refractivity contribution in [1.82, 2.24) is 0 Å². The highest BCUT2D eigenvalue weighted by Crippen LogP contribution is 2.30. The Balaban J connectivity index is 2.36. The van der Waals surface area contributed by atoms with E-state index < -0.39 is 15.9 Å². The standard InChI is InChI=1S/C14H12Cl2O3S/c1-20(18,19)11-5-2-9(3-6-11)14(17)12-7-4-10(15)8-13(12)16/h2-8,14,17H,1H3. The highest BCUT2D eigenvalue weighted by molar-refractivity contribution is 7.90. The number of sulfone groups is 1. The molecule has 2 aromatic rings. The Labute approximate surface area is 127 Å². The number of rotatable bonds is 3. The molecular weight excluding hydrogens is 319 g/mol. The minimum atomic E-state index is -3.25. The SMILES string of the molecule is CS(=O)(=O)c1ccc(C(O)c2ccc(Cl)cc2Cl)cc1. The van der Waals surface area contributed by atoms with Gasteiger partial charge in [0.05, 0.1) is 4.90 Å². The van der Waals surface area contributed by atoms with Gasteiger partial charge in [0, 0.05) is 21.9 Å². The van der Waals surface area contributed by atoms with Crippen molar-refractivity contribution in [2.75, 3.05) is 6.26 Å². The predicted octanol–water partition coefficient (Wildman–Crippen LogP) is 3.48. The third-order valence-electron chi connectivity index (χ3n) is 2.88. The molecule has 1 unspecified atom stereocenters. The van der Waals surface area contributed by atoms with Gasteiger partial charge in [0.1, 0.15) is 6.10 Å². The van der Waals surface area contributed by atoms with E-state index in [2.05, 4.69) is 0 Å². The zero-order valence-electron chi connectivity index (χ0n) is 10.5. The van der Waals surface area contributed by atoms with Crippen molar-refractivity contribution in [3.8, 4) is 0 Å². The predicted molar refractivity (Wildman–Crippen MR) is 80.1 cm³/mol. The highest BCUT2D eigenvalue weighted by atomic mass is 35.5. The van der Waals surface area contributed by atoms with Gasteiger partial charge in [-0.2, -0.15) is 0 Å². The molecule has 0 aromatic heterocycles. The Hall–Kier alpha value is -1.07. The Bertz CT molecular complexity index is 725. The Morgan fingerprint density at radius 3 is 2.15 bits per heavy atom. The van der Waals surface area contributed by atoms with E-state index in [1.807, 2.05) is 0 Å². The average Bonchev–Trinajstić information content (AvgIpc) is 2.37. The molecule has 0 radical (unpaired) electrons. The van der Waals surface area contributed by atoms with E-state index in [-0.39, 0.29) is 4.90 Å². The molecule has 2 rings (SSSR count). The molecule has 0 amide bonds. The van der Waals surface area contributed by atoms with Crippen LogP contribution in [0.2, 0.25) is 10.0 Å². The highest BCUT2D eigenvalue weighted by Gasteiger charge is 2.15. The van der Waals surface area contributed by atoms with Gasteiger partial charge in [0.25, 0.3) is 0 Å². The first-order chi connectivity index (χ1) is 9.29. The molecule has 0 aliphatic rings. The fraction of sp³-hybridized carbons (Fsp3) is 0.143. The molecule has 0 bridgehead atoms. The van der Waals surface area contributed by atoms with Crippen LogP contribution >= 0.6 is 23.2 Å². The largest absolute Gasteiger partial charge is 0.384 e. The summed E-state index contributed by atoms with van der Waals surface area (Å²) in [6, 6.07) is 10.9. The van der Waals surface area contributed by atoms with E-state index in [1.165, 1.54) is 12.1 Å². The minimum Gasteiger partial charge on any atom is -0.384 e. The molecule has 3 nitrogen and oxygen atoms in total. The maximum Gasteiger partial charge on any atom is 0.175 e. The number of aliphatic hydroxyl groups excluding tert-OH is 1. The fourth-order valence-corrected chi connectivity index (χ4v) is 2.94. The van der Waals surface area contributed by atoms with Crippen LogP contribution in [-0.4, -0.2) is 19.8 Å². The molecular formula is C14H12Cl2O3S. The minimum absolute atomic E-state index is 0.204. The van der Waals surface area contributed by atoms with Crippen LogP contribution in [0.5, 0.6) is 0 Å². The van der Waals surface area contributed by atoms with Gasteiger partial charge in [-0.3, -0.25) is 0 Å². The third kappa shape index (κ3) is 3.33. The molecule has 0 saturated carbocycles. The van der Waals surface area contributed by atoms with Crippen LogP contribution in [0.15, 0.2) is 47.4 Å². The topological polar surface area (TPSA) is 54.4 Å². The Kier molecular flexibility index (Phi) is 4.39. The van der Waals surface area contributed by atoms with Crippen molar-refractivity contribution in [2.45, 2.75) is 11.0 Å². The van der Waals surface area contributed by atoms with E-state index in [0.29, 0.717) is 21.2 Å². The van der Waals surface area contributed by atoms with Gasteiger partial charge in [-0.1, -0.05) is 41.4 Å². The van der Waals surface area contributed by atoms with Crippen molar-refractivity contribution in [3.05, 3.63) is 63.6 Å². The molecule has 6 heteroatoms. The summed E-state index contributed by atoms with van der Waals surface area (Å²) in [5.74, 6) is 0. The smallest absolute Gasteiger partial charge is 0.175 e. The summed E-state index contributed by atoms with van der Waals surface area (Å²) in [5.41, 5.74) is 1.07. The van der Waals surface area contributed by atoms with Crippen LogP contribution in [0.25, 0.3) is 0 Å². The first-order valence-corrected chi connectivity index (χ1v) is 8.37. The van der Waals surface area contributed by atoms with E-state index in [4.69, 9.17) is 23.2 Å². The van der Waals surface area contributed by atoms with Gasteiger partial charge in [-0.15, -0.1) is 0 Å². The lowest BCUT2D eigenvalue weighted by molar-refractivity contribution is 0.220. The Morgan fingerprint density at radius 2 is 1.65 bits per heavy atom. The van der Waals surface area contributed by atoms with Crippen molar-refractivity contribution in [1.29, 1.82) is 0 Å². The van der Waals surface area contributed by atoms with Crippen LogP contribution in [0.4, 0.5) is 0 Å². The summed E-state index contributed by atoms with van der Waals surface area (Å²) in [6.45, 7) is 0. The summed E-state index contributed by atoms with van der Waals surface area (Å²) in [4.78, 5) is 0.204.